The van der Waals surface area contributed by atoms with Crippen molar-refractivity contribution in [3.8, 4) is 0 Å². The zero-order chi connectivity index (χ0) is 14.9. The lowest BCUT2D eigenvalue weighted by atomic mass is 10.1. The molecule has 0 spiro atoms. The molecule has 2 heterocycles. The lowest BCUT2D eigenvalue weighted by molar-refractivity contribution is -0.157. The second-order valence-corrected chi connectivity index (χ2v) is 5.38. The molecule has 1 unspecified atom stereocenters. The smallest absolute Gasteiger partial charge is 0.337 e. The lowest BCUT2D eigenvalue weighted by Crippen LogP contribution is -2.54. The number of nitrogens with one attached hydrogen (secondary N) is 1. The third-order valence-electron chi connectivity index (χ3n) is 3.72. The van der Waals surface area contributed by atoms with E-state index in [4.69, 9.17) is 0 Å². The van der Waals surface area contributed by atoms with Crippen LogP contribution in [0, 0.1) is 5.92 Å². The molecule has 0 saturated carbocycles. The first-order chi connectivity index (χ1) is 9.28. The number of hydrogen-bond donors (Lipinski definition) is 1. The Hall–Kier alpha value is -1.02. The van der Waals surface area contributed by atoms with Gasteiger partial charge in [0.2, 0.25) is 11.8 Å². The molecule has 21 heavy (non-hydrogen) atoms. The Morgan fingerprint density at radius 3 is 2.67 bits per heavy atom. The second-order valence-electron chi connectivity index (χ2n) is 5.38. The summed E-state index contributed by atoms with van der Waals surface area (Å²) in [5.74, 6) is -1.45. The molecule has 2 atom stereocenters. The van der Waals surface area contributed by atoms with Gasteiger partial charge in [0.15, 0.2) is 0 Å². The SMILES string of the molecule is C[C@H]1CNCCN1C(=O)C1CC(=O)N(CC(F)(F)F)C1.Cl. The molecule has 0 aliphatic carbocycles. The Labute approximate surface area is 127 Å². The van der Waals surface area contributed by atoms with Crippen LogP contribution in [0.3, 0.4) is 0 Å². The van der Waals surface area contributed by atoms with Crippen molar-refractivity contribution in [2.75, 3.05) is 32.7 Å². The summed E-state index contributed by atoms with van der Waals surface area (Å²) in [6, 6.07) is 0.00279. The predicted molar refractivity (Wildman–Crippen MR) is 72.0 cm³/mol. The van der Waals surface area contributed by atoms with Crippen molar-refractivity contribution in [2.24, 2.45) is 5.92 Å². The largest absolute Gasteiger partial charge is 0.406 e. The Kier molecular flexibility index (Phi) is 5.86. The van der Waals surface area contributed by atoms with Gasteiger partial charge in [0, 0.05) is 38.6 Å². The molecule has 1 N–H and O–H groups in total. The summed E-state index contributed by atoms with van der Waals surface area (Å²) in [6.45, 7) is 2.35. The first kappa shape index (κ1) is 18.0. The molecule has 0 aromatic rings. The maximum Gasteiger partial charge on any atom is 0.406 e. The van der Waals surface area contributed by atoms with Crippen molar-refractivity contribution in [3.05, 3.63) is 0 Å². The Morgan fingerprint density at radius 1 is 1.43 bits per heavy atom. The van der Waals surface area contributed by atoms with Crippen molar-refractivity contribution in [2.45, 2.75) is 25.6 Å². The van der Waals surface area contributed by atoms with Gasteiger partial charge in [0.05, 0.1) is 5.92 Å². The number of likely N-dealkylation sites (tertiary alicyclic amines) is 1. The van der Waals surface area contributed by atoms with E-state index in [1.807, 2.05) is 6.92 Å². The number of rotatable bonds is 2. The van der Waals surface area contributed by atoms with Gasteiger partial charge >= 0.3 is 6.18 Å². The molecule has 2 aliphatic heterocycles. The van der Waals surface area contributed by atoms with Gasteiger partial charge in [-0.3, -0.25) is 9.59 Å². The molecule has 0 bridgehead atoms. The van der Waals surface area contributed by atoms with Crippen LogP contribution in [0.4, 0.5) is 13.2 Å². The minimum Gasteiger partial charge on any atom is -0.337 e. The Morgan fingerprint density at radius 2 is 2.10 bits per heavy atom. The highest BCUT2D eigenvalue weighted by molar-refractivity contribution is 5.89. The van der Waals surface area contributed by atoms with E-state index in [2.05, 4.69) is 5.32 Å². The van der Waals surface area contributed by atoms with E-state index in [-0.39, 0.29) is 37.3 Å². The van der Waals surface area contributed by atoms with Gasteiger partial charge in [-0.1, -0.05) is 0 Å². The molecule has 2 saturated heterocycles. The summed E-state index contributed by atoms with van der Waals surface area (Å²) >= 11 is 0. The summed E-state index contributed by atoms with van der Waals surface area (Å²) < 4.78 is 37.0. The van der Waals surface area contributed by atoms with E-state index in [0.29, 0.717) is 19.6 Å². The van der Waals surface area contributed by atoms with Crippen LogP contribution in [0.5, 0.6) is 0 Å². The van der Waals surface area contributed by atoms with Crippen LogP contribution in [-0.2, 0) is 9.59 Å². The van der Waals surface area contributed by atoms with Gasteiger partial charge in [-0.05, 0) is 6.92 Å². The number of piperazine rings is 1. The van der Waals surface area contributed by atoms with Crippen LogP contribution in [0.15, 0.2) is 0 Å². The minimum absolute atomic E-state index is 0. The van der Waals surface area contributed by atoms with E-state index in [1.54, 1.807) is 4.90 Å². The van der Waals surface area contributed by atoms with Crippen LogP contribution in [0.25, 0.3) is 0 Å². The molecular formula is C12H19ClF3N3O2. The molecule has 2 amide bonds. The van der Waals surface area contributed by atoms with Crippen LogP contribution in [0.1, 0.15) is 13.3 Å². The first-order valence-corrected chi connectivity index (χ1v) is 6.63. The predicted octanol–water partition coefficient (Wildman–Crippen LogP) is 0.639. The quantitative estimate of drug-likeness (QED) is 0.809. The highest BCUT2D eigenvalue weighted by Crippen LogP contribution is 2.25. The number of amides is 2. The van der Waals surface area contributed by atoms with Crippen molar-refractivity contribution < 1.29 is 22.8 Å². The fourth-order valence-electron chi connectivity index (χ4n) is 2.71. The van der Waals surface area contributed by atoms with E-state index in [0.717, 1.165) is 4.90 Å². The van der Waals surface area contributed by atoms with Gasteiger partial charge < -0.3 is 15.1 Å². The van der Waals surface area contributed by atoms with Crippen molar-refractivity contribution >= 4 is 24.2 Å². The zero-order valence-corrected chi connectivity index (χ0v) is 12.5. The topological polar surface area (TPSA) is 52.7 Å². The van der Waals surface area contributed by atoms with E-state index < -0.39 is 24.5 Å². The number of halogens is 4. The van der Waals surface area contributed by atoms with Crippen LogP contribution in [0.2, 0.25) is 0 Å². The lowest BCUT2D eigenvalue weighted by Gasteiger charge is -2.35. The molecule has 5 nitrogen and oxygen atoms in total. The first-order valence-electron chi connectivity index (χ1n) is 6.63. The molecular weight excluding hydrogens is 311 g/mol. The average molecular weight is 330 g/mol. The average Bonchev–Trinajstić information content (AvgIpc) is 2.68. The normalized spacial score (nSPS) is 26.8. The third-order valence-corrected chi connectivity index (χ3v) is 3.72. The molecule has 0 radical (unpaired) electrons. The van der Waals surface area contributed by atoms with E-state index in [1.165, 1.54) is 0 Å². The van der Waals surface area contributed by atoms with E-state index >= 15 is 0 Å². The highest BCUT2D eigenvalue weighted by Gasteiger charge is 2.42. The summed E-state index contributed by atoms with van der Waals surface area (Å²) in [7, 11) is 0. The summed E-state index contributed by atoms with van der Waals surface area (Å²) in [6.07, 6.45) is -4.54. The number of carbonyl (C=O) groups excluding carboxylic acids is 2. The molecule has 2 rings (SSSR count). The van der Waals surface area contributed by atoms with Gasteiger partial charge in [-0.2, -0.15) is 13.2 Å². The molecule has 2 aliphatic rings. The Bertz CT molecular complexity index is 406. The highest BCUT2D eigenvalue weighted by atomic mass is 35.5. The number of nitrogens with zero attached hydrogens (tertiary/aromatic N) is 2. The van der Waals surface area contributed by atoms with Crippen molar-refractivity contribution in [1.29, 1.82) is 0 Å². The monoisotopic (exact) mass is 329 g/mol. The minimum atomic E-state index is -4.42. The van der Waals surface area contributed by atoms with Crippen LogP contribution >= 0.6 is 12.4 Å². The fraction of sp³-hybridized carbons (Fsp3) is 0.833. The maximum absolute atomic E-state index is 12.3. The standard InChI is InChI=1S/C12H18F3N3O2.ClH/c1-8-5-16-2-3-18(8)11(20)9-4-10(19)17(6-9)7-12(13,14)15;/h8-9,16H,2-7H2,1H3;1H/t8-,9?;/m0./s1. The van der Waals surface area contributed by atoms with Crippen LogP contribution in [-0.4, -0.2) is 66.6 Å². The molecule has 0 aromatic carbocycles. The summed E-state index contributed by atoms with van der Waals surface area (Å²) in [5, 5.41) is 3.14. The van der Waals surface area contributed by atoms with Gasteiger partial charge in [0.1, 0.15) is 6.54 Å². The maximum atomic E-state index is 12.3. The van der Waals surface area contributed by atoms with E-state index in [9.17, 15) is 22.8 Å². The molecule has 9 heteroatoms. The molecule has 122 valence electrons. The Balaban J connectivity index is 0.00000220. The third kappa shape index (κ3) is 4.47. The molecule has 0 aromatic heterocycles. The fourth-order valence-corrected chi connectivity index (χ4v) is 2.71. The number of alkyl halides is 3. The number of hydrogen-bond acceptors (Lipinski definition) is 3. The molecule has 2 fully saturated rings. The zero-order valence-electron chi connectivity index (χ0n) is 11.7. The number of carbonyl (C=O) groups is 2. The summed E-state index contributed by atoms with van der Waals surface area (Å²) in [4.78, 5) is 26.3. The van der Waals surface area contributed by atoms with Crippen molar-refractivity contribution in [3.63, 3.8) is 0 Å². The van der Waals surface area contributed by atoms with Crippen molar-refractivity contribution in [1.82, 2.24) is 15.1 Å². The van der Waals surface area contributed by atoms with Crippen LogP contribution < -0.4 is 5.32 Å². The van der Waals surface area contributed by atoms with Gasteiger partial charge in [-0.25, -0.2) is 0 Å². The van der Waals surface area contributed by atoms with Gasteiger partial charge in [0.25, 0.3) is 0 Å². The summed E-state index contributed by atoms with van der Waals surface area (Å²) in [5.41, 5.74) is 0. The second kappa shape index (κ2) is 6.83. The van der Waals surface area contributed by atoms with Gasteiger partial charge in [-0.15, -0.1) is 12.4 Å².